The van der Waals surface area contributed by atoms with Crippen molar-refractivity contribution in [1.82, 2.24) is 10.2 Å². The summed E-state index contributed by atoms with van der Waals surface area (Å²) in [6.07, 6.45) is 2.85. The minimum Gasteiger partial charge on any atom is -0.459 e. The lowest BCUT2D eigenvalue weighted by molar-refractivity contribution is 0.0702. The van der Waals surface area contributed by atoms with E-state index in [4.69, 9.17) is 4.42 Å². The molecule has 3 heterocycles. The summed E-state index contributed by atoms with van der Waals surface area (Å²) in [7, 11) is 0. The van der Waals surface area contributed by atoms with Crippen molar-refractivity contribution in [3.63, 3.8) is 0 Å². The quantitative estimate of drug-likeness (QED) is 0.633. The largest absolute Gasteiger partial charge is 0.459 e. The monoisotopic (exact) mass is 437 g/mol. The third-order valence-electron chi connectivity index (χ3n) is 5.25. The third kappa shape index (κ3) is 4.86. The first-order valence-electron chi connectivity index (χ1n) is 10.1. The normalized spacial score (nSPS) is 14.3. The van der Waals surface area contributed by atoms with E-state index in [0.29, 0.717) is 41.4 Å². The molecule has 0 aliphatic carbocycles. The molecule has 0 bridgehead atoms. The lowest BCUT2D eigenvalue weighted by atomic mass is 10.0. The number of aryl methyl sites for hydroxylation is 1. The van der Waals surface area contributed by atoms with E-state index in [1.165, 1.54) is 17.6 Å². The van der Waals surface area contributed by atoms with E-state index in [9.17, 15) is 14.4 Å². The molecule has 1 aliphatic heterocycles. The van der Waals surface area contributed by atoms with E-state index in [1.54, 1.807) is 30.3 Å². The van der Waals surface area contributed by atoms with Crippen LogP contribution in [0.3, 0.4) is 0 Å². The first-order chi connectivity index (χ1) is 15.0. The number of thiophene rings is 1. The highest BCUT2D eigenvalue weighted by atomic mass is 32.1. The Morgan fingerprint density at radius 1 is 1.03 bits per heavy atom. The number of nitrogens with zero attached hydrogens (tertiary/aromatic N) is 1. The minimum atomic E-state index is -0.347. The number of carbonyl (C=O) groups is 3. The maximum Gasteiger partial charge on any atom is 0.291 e. The zero-order valence-corrected chi connectivity index (χ0v) is 17.9. The van der Waals surface area contributed by atoms with E-state index in [2.05, 4.69) is 10.6 Å². The van der Waals surface area contributed by atoms with Gasteiger partial charge in [0.05, 0.1) is 16.1 Å². The van der Waals surface area contributed by atoms with Crippen LogP contribution >= 0.6 is 11.3 Å². The number of hydrogen-bond acceptors (Lipinski definition) is 5. The third-order valence-corrected chi connectivity index (χ3v) is 6.39. The molecule has 31 heavy (non-hydrogen) atoms. The van der Waals surface area contributed by atoms with E-state index < -0.39 is 0 Å². The SMILES string of the molecule is Cc1cc(NC(=O)c2ccco2)sc1C(=O)N1CCC(NC(=O)c2ccccc2)CC1. The van der Waals surface area contributed by atoms with Crippen LogP contribution in [0.25, 0.3) is 0 Å². The number of nitrogens with one attached hydrogen (secondary N) is 2. The van der Waals surface area contributed by atoms with Gasteiger partial charge in [-0.25, -0.2) is 0 Å². The second-order valence-corrected chi connectivity index (χ2v) is 8.51. The molecule has 0 unspecified atom stereocenters. The highest BCUT2D eigenvalue weighted by Gasteiger charge is 2.27. The minimum absolute atomic E-state index is 0.0457. The number of benzene rings is 1. The van der Waals surface area contributed by atoms with Crippen LogP contribution in [0.4, 0.5) is 5.00 Å². The first kappa shape index (κ1) is 20.9. The number of carbonyl (C=O) groups excluding carboxylic acids is 3. The lowest BCUT2D eigenvalue weighted by Gasteiger charge is -2.32. The van der Waals surface area contributed by atoms with Gasteiger partial charge in [0.25, 0.3) is 17.7 Å². The fraction of sp³-hybridized carbons (Fsp3) is 0.261. The van der Waals surface area contributed by atoms with Crippen molar-refractivity contribution in [1.29, 1.82) is 0 Å². The van der Waals surface area contributed by atoms with Gasteiger partial charge < -0.3 is 20.0 Å². The number of hydrogen-bond donors (Lipinski definition) is 2. The molecular formula is C23H23N3O4S. The summed E-state index contributed by atoms with van der Waals surface area (Å²) in [6, 6.07) is 14.2. The fourth-order valence-electron chi connectivity index (χ4n) is 3.57. The summed E-state index contributed by atoms with van der Waals surface area (Å²) in [4.78, 5) is 39.9. The van der Waals surface area contributed by atoms with Gasteiger partial charge >= 0.3 is 0 Å². The van der Waals surface area contributed by atoms with Crippen LogP contribution in [0.1, 0.15) is 49.0 Å². The Kier molecular flexibility index (Phi) is 6.18. The zero-order chi connectivity index (χ0) is 21.8. The summed E-state index contributed by atoms with van der Waals surface area (Å²) < 4.78 is 5.10. The number of likely N-dealkylation sites (tertiary alicyclic amines) is 1. The predicted octanol–water partition coefficient (Wildman–Crippen LogP) is 3.94. The van der Waals surface area contributed by atoms with Gasteiger partial charge in [-0.05, 0) is 55.7 Å². The van der Waals surface area contributed by atoms with E-state index in [-0.39, 0.29) is 29.5 Å². The second kappa shape index (κ2) is 9.18. The predicted molar refractivity (Wildman–Crippen MR) is 119 cm³/mol. The molecule has 0 radical (unpaired) electrons. The molecule has 4 rings (SSSR count). The topological polar surface area (TPSA) is 91.7 Å². The standard InChI is InChI=1S/C23H23N3O4S/c1-15-14-19(25-22(28)18-8-5-13-30-18)31-20(15)23(29)26-11-9-17(10-12-26)24-21(27)16-6-3-2-4-7-16/h2-8,13-14,17H,9-12H2,1H3,(H,24,27)(H,25,28). The van der Waals surface area contributed by atoms with Crippen LogP contribution < -0.4 is 10.6 Å². The van der Waals surface area contributed by atoms with Crippen molar-refractivity contribution >= 4 is 34.1 Å². The molecule has 1 aromatic carbocycles. The maximum atomic E-state index is 13.0. The molecule has 2 N–H and O–H groups in total. The van der Waals surface area contributed by atoms with Crippen molar-refractivity contribution in [2.75, 3.05) is 18.4 Å². The van der Waals surface area contributed by atoms with E-state index in [0.717, 1.165) is 5.56 Å². The van der Waals surface area contributed by atoms with Crippen molar-refractivity contribution in [3.8, 4) is 0 Å². The molecule has 3 amide bonds. The molecule has 0 saturated carbocycles. The highest BCUT2D eigenvalue weighted by Crippen LogP contribution is 2.29. The molecule has 1 aliphatic rings. The average Bonchev–Trinajstić information content (AvgIpc) is 3.44. The Morgan fingerprint density at radius 3 is 2.45 bits per heavy atom. The lowest BCUT2D eigenvalue weighted by Crippen LogP contribution is -2.46. The molecule has 1 fully saturated rings. The fourth-order valence-corrected chi connectivity index (χ4v) is 4.60. The van der Waals surface area contributed by atoms with E-state index >= 15 is 0 Å². The Balaban J connectivity index is 1.33. The molecule has 1 saturated heterocycles. The molecule has 8 heteroatoms. The second-order valence-electron chi connectivity index (χ2n) is 7.46. The van der Waals surface area contributed by atoms with Crippen LogP contribution in [0.15, 0.2) is 59.2 Å². The number of amides is 3. The summed E-state index contributed by atoms with van der Waals surface area (Å²) in [6.45, 7) is 3.01. The van der Waals surface area contributed by atoms with Gasteiger partial charge in [-0.2, -0.15) is 0 Å². The number of anilines is 1. The van der Waals surface area contributed by atoms with Crippen LogP contribution in [0.2, 0.25) is 0 Å². The molecule has 160 valence electrons. The van der Waals surface area contributed by atoms with Gasteiger partial charge in [-0.15, -0.1) is 11.3 Å². The smallest absolute Gasteiger partial charge is 0.291 e. The molecule has 7 nitrogen and oxygen atoms in total. The summed E-state index contributed by atoms with van der Waals surface area (Å²) in [5.41, 5.74) is 1.46. The van der Waals surface area contributed by atoms with Gasteiger partial charge in [0, 0.05) is 24.7 Å². The van der Waals surface area contributed by atoms with Gasteiger partial charge in [-0.3, -0.25) is 14.4 Å². The van der Waals surface area contributed by atoms with Crippen molar-refractivity contribution < 1.29 is 18.8 Å². The van der Waals surface area contributed by atoms with Crippen LogP contribution in [-0.4, -0.2) is 41.8 Å². The van der Waals surface area contributed by atoms with E-state index in [1.807, 2.05) is 30.0 Å². The Labute approximate surface area is 184 Å². The summed E-state index contributed by atoms with van der Waals surface area (Å²) >= 11 is 1.26. The number of furan rings is 1. The number of piperidine rings is 1. The van der Waals surface area contributed by atoms with Gasteiger partial charge in [0.1, 0.15) is 0 Å². The van der Waals surface area contributed by atoms with Crippen LogP contribution in [0.5, 0.6) is 0 Å². The van der Waals surface area contributed by atoms with Crippen LogP contribution in [0, 0.1) is 6.92 Å². The Morgan fingerprint density at radius 2 is 1.77 bits per heavy atom. The van der Waals surface area contributed by atoms with Gasteiger partial charge in [0.2, 0.25) is 0 Å². The molecule has 0 spiro atoms. The van der Waals surface area contributed by atoms with Crippen molar-refractivity contribution in [2.24, 2.45) is 0 Å². The molecule has 2 aromatic heterocycles. The van der Waals surface area contributed by atoms with Crippen molar-refractivity contribution in [3.05, 3.63) is 76.6 Å². The Bertz CT molecular complexity index is 1070. The molecule has 3 aromatic rings. The maximum absolute atomic E-state index is 13.0. The van der Waals surface area contributed by atoms with Gasteiger partial charge in [0.15, 0.2) is 5.76 Å². The summed E-state index contributed by atoms with van der Waals surface area (Å²) in [5, 5.41) is 6.43. The first-order valence-corrected chi connectivity index (χ1v) is 10.9. The average molecular weight is 438 g/mol. The van der Waals surface area contributed by atoms with Gasteiger partial charge in [-0.1, -0.05) is 18.2 Å². The molecular weight excluding hydrogens is 414 g/mol. The Hall–Kier alpha value is -3.39. The number of rotatable bonds is 5. The van der Waals surface area contributed by atoms with Crippen molar-refractivity contribution in [2.45, 2.75) is 25.8 Å². The highest BCUT2D eigenvalue weighted by molar-refractivity contribution is 7.18. The van der Waals surface area contributed by atoms with Crippen LogP contribution in [-0.2, 0) is 0 Å². The summed E-state index contributed by atoms with van der Waals surface area (Å²) in [5.74, 6) is -0.260. The zero-order valence-electron chi connectivity index (χ0n) is 17.1. The molecule has 0 atom stereocenters.